The van der Waals surface area contributed by atoms with Gasteiger partial charge in [-0.15, -0.1) is 0 Å². The summed E-state index contributed by atoms with van der Waals surface area (Å²) in [4.78, 5) is 1.47. The second-order valence-corrected chi connectivity index (χ2v) is 7.39. The van der Waals surface area contributed by atoms with E-state index in [-0.39, 0.29) is 18.0 Å². The molecule has 0 aliphatic carbocycles. The fourth-order valence-corrected chi connectivity index (χ4v) is 4.12. The summed E-state index contributed by atoms with van der Waals surface area (Å²) in [6.45, 7) is 0.555. The van der Waals surface area contributed by atoms with Crippen molar-refractivity contribution in [3.63, 3.8) is 0 Å². The molecule has 0 unspecified atom stereocenters. The standard InChI is InChI=1S/C13H19FN2O3S/c1-15(2)9-13(17)7-8-16(10-13)20(18,19)12-6-4-3-5-11(12)14/h3-6,17H,7-10H2,1-2H3/t13-/m1/s1. The summed E-state index contributed by atoms with van der Waals surface area (Å²) in [5.41, 5.74) is -1.08. The smallest absolute Gasteiger partial charge is 0.246 e. The van der Waals surface area contributed by atoms with Crippen LogP contribution in [0.3, 0.4) is 0 Å². The van der Waals surface area contributed by atoms with Gasteiger partial charge in [0.25, 0.3) is 0 Å². The molecule has 0 radical (unpaired) electrons. The van der Waals surface area contributed by atoms with Crippen LogP contribution in [-0.4, -0.2) is 62.1 Å². The Morgan fingerprint density at radius 2 is 2.05 bits per heavy atom. The summed E-state index contributed by atoms with van der Waals surface area (Å²) < 4.78 is 39.6. The lowest BCUT2D eigenvalue weighted by Crippen LogP contribution is -2.43. The molecule has 0 saturated carbocycles. The van der Waals surface area contributed by atoms with E-state index in [4.69, 9.17) is 0 Å². The van der Waals surface area contributed by atoms with E-state index in [1.807, 2.05) is 14.1 Å². The third-order valence-corrected chi connectivity index (χ3v) is 5.24. The highest BCUT2D eigenvalue weighted by molar-refractivity contribution is 7.89. The van der Waals surface area contributed by atoms with Gasteiger partial charge >= 0.3 is 0 Å². The van der Waals surface area contributed by atoms with E-state index in [1.165, 1.54) is 18.2 Å². The predicted molar refractivity (Wildman–Crippen MR) is 73.3 cm³/mol. The highest BCUT2D eigenvalue weighted by Crippen LogP contribution is 2.28. The van der Waals surface area contributed by atoms with Crippen molar-refractivity contribution in [3.05, 3.63) is 30.1 Å². The van der Waals surface area contributed by atoms with Gasteiger partial charge in [-0.05, 0) is 32.6 Å². The number of sulfonamides is 1. The number of aliphatic hydroxyl groups is 1. The van der Waals surface area contributed by atoms with Crippen LogP contribution in [0.1, 0.15) is 6.42 Å². The second-order valence-electron chi connectivity index (χ2n) is 5.48. The maximum absolute atomic E-state index is 13.7. The minimum atomic E-state index is -3.90. The van der Waals surface area contributed by atoms with E-state index in [2.05, 4.69) is 0 Å². The molecule has 1 aliphatic heterocycles. The van der Waals surface area contributed by atoms with Crippen molar-refractivity contribution in [2.75, 3.05) is 33.7 Å². The predicted octanol–water partition coefficient (Wildman–Crippen LogP) is 0.513. The van der Waals surface area contributed by atoms with Gasteiger partial charge in [0, 0.05) is 19.6 Å². The summed E-state index contributed by atoms with van der Waals surface area (Å²) in [6.07, 6.45) is 0.346. The number of β-amino-alcohol motifs (C(OH)–C–C–N with tert-alkyl or cyclic N) is 1. The molecule has 1 N–H and O–H groups in total. The van der Waals surface area contributed by atoms with Crippen molar-refractivity contribution in [2.24, 2.45) is 0 Å². The lowest BCUT2D eigenvalue weighted by Gasteiger charge is -2.26. The number of benzene rings is 1. The summed E-state index contributed by atoms with van der Waals surface area (Å²) in [5.74, 6) is -0.768. The monoisotopic (exact) mass is 302 g/mol. The Kier molecular flexibility index (Phi) is 4.15. The van der Waals surface area contributed by atoms with Crippen molar-refractivity contribution in [3.8, 4) is 0 Å². The summed E-state index contributed by atoms with van der Waals surface area (Å²) >= 11 is 0. The van der Waals surface area contributed by atoms with Crippen molar-refractivity contribution < 1.29 is 17.9 Å². The third-order valence-electron chi connectivity index (χ3n) is 3.36. The van der Waals surface area contributed by atoms with Gasteiger partial charge in [-0.2, -0.15) is 4.31 Å². The molecule has 7 heteroatoms. The van der Waals surface area contributed by atoms with Crippen LogP contribution in [0.2, 0.25) is 0 Å². The summed E-state index contributed by atoms with van der Waals surface area (Å²) in [6, 6.07) is 5.29. The minimum Gasteiger partial charge on any atom is -0.387 e. The lowest BCUT2D eigenvalue weighted by atomic mass is 10.0. The molecule has 0 amide bonds. The first-order valence-corrected chi connectivity index (χ1v) is 7.80. The average Bonchev–Trinajstić information content (AvgIpc) is 2.71. The highest BCUT2D eigenvalue weighted by Gasteiger charge is 2.42. The van der Waals surface area contributed by atoms with Crippen molar-refractivity contribution >= 4 is 10.0 Å². The SMILES string of the molecule is CN(C)C[C@]1(O)CCN(S(=O)(=O)c2ccccc2F)C1. The number of halogens is 1. The van der Waals surface area contributed by atoms with Gasteiger partial charge in [0.05, 0.1) is 5.60 Å². The number of hydrogen-bond donors (Lipinski definition) is 1. The van der Waals surface area contributed by atoms with Crippen molar-refractivity contribution in [1.29, 1.82) is 0 Å². The van der Waals surface area contributed by atoms with Crippen LogP contribution in [0.25, 0.3) is 0 Å². The largest absolute Gasteiger partial charge is 0.387 e. The number of rotatable bonds is 4. The topological polar surface area (TPSA) is 60.9 Å². The van der Waals surface area contributed by atoms with Crippen LogP contribution in [-0.2, 0) is 10.0 Å². The van der Waals surface area contributed by atoms with Gasteiger partial charge in [0.2, 0.25) is 10.0 Å². The molecule has 5 nitrogen and oxygen atoms in total. The molecule has 1 atom stereocenters. The molecule has 0 aromatic heterocycles. The molecule has 20 heavy (non-hydrogen) atoms. The zero-order valence-corrected chi connectivity index (χ0v) is 12.4. The maximum Gasteiger partial charge on any atom is 0.246 e. The third kappa shape index (κ3) is 3.01. The van der Waals surface area contributed by atoms with Gasteiger partial charge in [0.1, 0.15) is 10.7 Å². The summed E-state index contributed by atoms with van der Waals surface area (Å²) in [7, 11) is -0.273. The Morgan fingerprint density at radius 1 is 1.40 bits per heavy atom. The van der Waals surface area contributed by atoms with E-state index < -0.39 is 21.4 Å². The van der Waals surface area contributed by atoms with E-state index in [1.54, 1.807) is 4.90 Å². The average molecular weight is 302 g/mol. The first-order chi connectivity index (χ1) is 9.24. The van der Waals surface area contributed by atoms with Gasteiger partial charge in [0.15, 0.2) is 0 Å². The first kappa shape index (κ1) is 15.4. The molecule has 1 aliphatic rings. The van der Waals surface area contributed by atoms with Gasteiger partial charge < -0.3 is 10.0 Å². The number of likely N-dealkylation sites (N-methyl/N-ethyl adjacent to an activating group) is 1. The Hall–Kier alpha value is -1.02. The second kappa shape index (κ2) is 5.40. The first-order valence-electron chi connectivity index (χ1n) is 6.36. The van der Waals surface area contributed by atoms with Gasteiger partial charge in [-0.1, -0.05) is 12.1 Å². The van der Waals surface area contributed by atoms with Crippen LogP contribution in [0.4, 0.5) is 4.39 Å². The van der Waals surface area contributed by atoms with Crippen LogP contribution < -0.4 is 0 Å². The molecule has 1 fully saturated rings. The Labute approximate surface area is 118 Å². The molecular weight excluding hydrogens is 283 g/mol. The van der Waals surface area contributed by atoms with Crippen molar-refractivity contribution in [2.45, 2.75) is 16.9 Å². The maximum atomic E-state index is 13.7. The van der Waals surface area contributed by atoms with E-state index >= 15 is 0 Å². The molecule has 1 aromatic carbocycles. The summed E-state index contributed by atoms with van der Waals surface area (Å²) in [5, 5.41) is 10.4. The van der Waals surface area contributed by atoms with E-state index in [0.29, 0.717) is 13.0 Å². The fraction of sp³-hybridized carbons (Fsp3) is 0.538. The molecule has 0 bridgehead atoms. The van der Waals surface area contributed by atoms with Crippen molar-refractivity contribution in [1.82, 2.24) is 9.21 Å². The molecule has 1 saturated heterocycles. The number of hydrogen-bond acceptors (Lipinski definition) is 4. The van der Waals surface area contributed by atoms with Gasteiger partial charge in [-0.25, -0.2) is 12.8 Å². The normalized spacial score (nSPS) is 24.4. The van der Waals surface area contributed by atoms with Crippen LogP contribution in [0.15, 0.2) is 29.2 Å². The minimum absolute atomic E-state index is 0.0121. The quantitative estimate of drug-likeness (QED) is 0.880. The van der Waals surface area contributed by atoms with Crippen LogP contribution in [0.5, 0.6) is 0 Å². The Morgan fingerprint density at radius 3 is 2.65 bits per heavy atom. The van der Waals surface area contributed by atoms with Crippen LogP contribution >= 0.6 is 0 Å². The molecule has 2 rings (SSSR count). The fourth-order valence-electron chi connectivity index (χ4n) is 2.54. The molecule has 112 valence electrons. The van der Waals surface area contributed by atoms with Crippen LogP contribution in [0, 0.1) is 5.82 Å². The molecular formula is C13H19FN2O3S. The Bertz CT molecular complexity index is 591. The molecule has 1 aromatic rings. The number of nitrogens with zero attached hydrogens (tertiary/aromatic N) is 2. The zero-order chi connectivity index (χ0) is 15.0. The Balaban J connectivity index is 2.23. The zero-order valence-electron chi connectivity index (χ0n) is 11.6. The van der Waals surface area contributed by atoms with E-state index in [9.17, 15) is 17.9 Å². The lowest BCUT2D eigenvalue weighted by molar-refractivity contribution is 0.0302. The molecule has 0 spiro atoms. The van der Waals surface area contributed by atoms with Gasteiger partial charge in [-0.3, -0.25) is 0 Å². The highest BCUT2D eigenvalue weighted by atomic mass is 32.2. The molecule has 1 heterocycles. The van der Waals surface area contributed by atoms with E-state index in [0.717, 1.165) is 10.4 Å².